The smallest absolute Gasteiger partial charge is 0.0485 e. The van der Waals surface area contributed by atoms with Gasteiger partial charge in [-0.25, -0.2) is 0 Å². The van der Waals surface area contributed by atoms with E-state index >= 15 is 0 Å². The van der Waals surface area contributed by atoms with E-state index in [1.807, 2.05) is 0 Å². The predicted octanol–water partition coefficient (Wildman–Crippen LogP) is 3.59. The van der Waals surface area contributed by atoms with Crippen molar-refractivity contribution in [2.24, 2.45) is 0 Å². The van der Waals surface area contributed by atoms with Crippen LogP contribution in [0.15, 0.2) is 24.4 Å². The van der Waals surface area contributed by atoms with Crippen molar-refractivity contribution < 1.29 is 0 Å². The van der Waals surface area contributed by atoms with Crippen LogP contribution in [-0.2, 0) is 13.0 Å². The zero-order valence-electron chi connectivity index (χ0n) is 14.8. The third-order valence-corrected chi connectivity index (χ3v) is 5.00. The third-order valence-electron chi connectivity index (χ3n) is 5.00. The van der Waals surface area contributed by atoms with Crippen molar-refractivity contribution in [3.63, 3.8) is 0 Å². The Labute approximate surface area is 140 Å². The second-order valence-electron chi connectivity index (χ2n) is 6.92. The molecule has 0 atom stereocenters. The molecule has 2 heterocycles. The highest BCUT2D eigenvalue weighted by Crippen LogP contribution is 2.24. The molecule has 3 nitrogen and oxygen atoms in total. The van der Waals surface area contributed by atoms with Crippen molar-refractivity contribution in [2.75, 3.05) is 32.7 Å². The lowest BCUT2D eigenvalue weighted by Crippen LogP contribution is -2.43. The van der Waals surface area contributed by atoms with Gasteiger partial charge in [0.2, 0.25) is 0 Å². The summed E-state index contributed by atoms with van der Waals surface area (Å²) in [6.45, 7) is 11.6. The maximum absolute atomic E-state index is 3.43. The van der Waals surface area contributed by atoms with Crippen LogP contribution in [0.3, 0.4) is 0 Å². The molecule has 1 aliphatic rings. The summed E-state index contributed by atoms with van der Waals surface area (Å²) in [4.78, 5) is 2.59. The molecule has 0 spiro atoms. The quantitative estimate of drug-likeness (QED) is 0.843. The van der Waals surface area contributed by atoms with Crippen LogP contribution in [0.2, 0.25) is 0 Å². The zero-order chi connectivity index (χ0) is 16.1. The maximum atomic E-state index is 3.43. The summed E-state index contributed by atoms with van der Waals surface area (Å²) in [7, 11) is 0. The molecule has 0 unspecified atom stereocenters. The fraction of sp³-hybridized carbons (Fsp3) is 0.600. The number of piperazine rings is 1. The van der Waals surface area contributed by atoms with Crippen molar-refractivity contribution >= 4 is 10.9 Å². The molecule has 1 aliphatic heterocycles. The average Bonchev–Trinajstić information content (AvgIpc) is 2.91. The van der Waals surface area contributed by atoms with Gasteiger partial charge in [0.05, 0.1) is 0 Å². The molecule has 23 heavy (non-hydrogen) atoms. The third kappa shape index (κ3) is 4.15. The number of rotatable bonds is 7. The minimum Gasteiger partial charge on any atom is -0.347 e. The van der Waals surface area contributed by atoms with Crippen molar-refractivity contribution in [2.45, 2.75) is 46.1 Å². The molecular weight excluding hydrogens is 282 g/mol. The van der Waals surface area contributed by atoms with E-state index in [1.165, 1.54) is 67.3 Å². The molecule has 126 valence electrons. The number of benzene rings is 1. The van der Waals surface area contributed by atoms with Gasteiger partial charge in [-0.3, -0.25) is 0 Å². The molecule has 1 fully saturated rings. The first-order valence-electron chi connectivity index (χ1n) is 9.29. The number of unbranched alkanes of at least 4 members (excludes halogenated alkanes) is 1. The lowest BCUT2D eigenvalue weighted by atomic mass is 10.1. The van der Waals surface area contributed by atoms with E-state index in [0.29, 0.717) is 0 Å². The lowest BCUT2D eigenvalue weighted by Gasteiger charge is -2.26. The summed E-state index contributed by atoms with van der Waals surface area (Å²) in [5, 5.41) is 4.89. The van der Waals surface area contributed by atoms with E-state index in [4.69, 9.17) is 0 Å². The van der Waals surface area contributed by atoms with Crippen LogP contribution < -0.4 is 5.32 Å². The van der Waals surface area contributed by atoms with Crippen LogP contribution in [0.4, 0.5) is 0 Å². The van der Waals surface area contributed by atoms with Gasteiger partial charge in [0.25, 0.3) is 0 Å². The number of hydrogen-bond acceptors (Lipinski definition) is 2. The van der Waals surface area contributed by atoms with E-state index in [2.05, 4.69) is 53.0 Å². The first-order chi connectivity index (χ1) is 11.3. The van der Waals surface area contributed by atoms with Crippen LogP contribution in [-0.4, -0.2) is 42.2 Å². The van der Waals surface area contributed by atoms with Crippen LogP contribution in [0.5, 0.6) is 0 Å². The van der Waals surface area contributed by atoms with Gasteiger partial charge in [0, 0.05) is 49.8 Å². The number of aromatic nitrogens is 1. The Morgan fingerprint density at radius 2 is 1.91 bits per heavy atom. The van der Waals surface area contributed by atoms with Crippen LogP contribution >= 0.6 is 0 Å². The second-order valence-corrected chi connectivity index (χ2v) is 6.92. The summed E-state index contributed by atoms with van der Waals surface area (Å²) >= 11 is 0. The molecular formula is C20H31N3. The average molecular weight is 313 g/mol. The molecule has 1 aromatic carbocycles. The molecule has 0 amide bonds. The lowest BCUT2D eigenvalue weighted by molar-refractivity contribution is 0.238. The highest BCUT2D eigenvalue weighted by atomic mass is 15.2. The molecule has 0 bridgehead atoms. The highest BCUT2D eigenvalue weighted by Gasteiger charge is 2.11. The largest absolute Gasteiger partial charge is 0.347 e. The van der Waals surface area contributed by atoms with E-state index < -0.39 is 0 Å². The molecule has 3 rings (SSSR count). The van der Waals surface area contributed by atoms with E-state index in [-0.39, 0.29) is 0 Å². The van der Waals surface area contributed by atoms with Gasteiger partial charge in [-0.1, -0.05) is 25.5 Å². The van der Waals surface area contributed by atoms with Gasteiger partial charge in [-0.15, -0.1) is 0 Å². The highest BCUT2D eigenvalue weighted by molar-refractivity contribution is 5.84. The summed E-state index contributed by atoms with van der Waals surface area (Å²) in [5.74, 6) is 0. The zero-order valence-corrected chi connectivity index (χ0v) is 14.8. The summed E-state index contributed by atoms with van der Waals surface area (Å²) < 4.78 is 2.48. The van der Waals surface area contributed by atoms with Gasteiger partial charge in [0.1, 0.15) is 0 Å². The molecule has 1 saturated heterocycles. The Kier molecular flexibility index (Phi) is 5.74. The minimum atomic E-state index is 1.15. The molecule has 1 N–H and O–H groups in total. The van der Waals surface area contributed by atoms with Gasteiger partial charge in [-0.05, 0) is 49.9 Å². The molecule has 1 aromatic heterocycles. The number of hydrogen-bond donors (Lipinski definition) is 1. The number of nitrogens with zero attached hydrogens (tertiary/aromatic N) is 2. The summed E-state index contributed by atoms with van der Waals surface area (Å²) in [6.07, 6.45) is 7.39. The monoisotopic (exact) mass is 313 g/mol. The SMILES string of the molecule is CCCCn1cc(CCCN2CCNCC2)c2ccc(C)cc21. The van der Waals surface area contributed by atoms with Crippen LogP contribution in [0.1, 0.15) is 37.3 Å². The Bertz CT molecular complexity index is 623. The molecule has 0 saturated carbocycles. The normalized spacial score (nSPS) is 16.3. The van der Waals surface area contributed by atoms with Crippen molar-refractivity contribution in [3.05, 3.63) is 35.5 Å². The predicted molar refractivity (Wildman–Crippen MR) is 99.2 cm³/mol. The van der Waals surface area contributed by atoms with Crippen molar-refractivity contribution in [1.29, 1.82) is 0 Å². The Morgan fingerprint density at radius 3 is 2.70 bits per heavy atom. The maximum Gasteiger partial charge on any atom is 0.0485 e. The van der Waals surface area contributed by atoms with E-state index in [9.17, 15) is 0 Å². The molecule has 2 aromatic rings. The van der Waals surface area contributed by atoms with Gasteiger partial charge >= 0.3 is 0 Å². The number of fused-ring (bicyclic) bond motifs is 1. The van der Waals surface area contributed by atoms with Crippen LogP contribution in [0.25, 0.3) is 10.9 Å². The van der Waals surface area contributed by atoms with Gasteiger partial charge in [-0.2, -0.15) is 0 Å². The Hall–Kier alpha value is -1.32. The Balaban J connectivity index is 1.69. The first-order valence-corrected chi connectivity index (χ1v) is 9.29. The fourth-order valence-corrected chi connectivity index (χ4v) is 3.62. The van der Waals surface area contributed by atoms with Gasteiger partial charge < -0.3 is 14.8 Å². The molecule has 0 radical (unpaired) electrons. The number of aryl methyl sites for hydroxylation is 3. The minimum absolute atomic E-state index is 1.15. The van der Waals surface area contributed by atoms with E-state index in [0.717, 1.165) is 19.6 Å². The Morgan fingerprint density at radius 1 is 1.09 bits per heavy atom. The topological polar surface area (TPSA) is 20.2 Å². The van der Waals surface area contributed by atoms with Crippen LogP contribution in [0, 0.1) is 6.92 Å². The van der Waals surface area contributed by atoms with Crippen molar-refractivity contribution in [3.8, 4) is 0 Å². The van der Waals surface area contributed by atoms with Gasteiger partial charge in [0.15, 0.2) is 0 Å². The van der Waals surface area contributed by atoms with Crippen molar-refractivity contribution in [1.82, 2.24) is 14.8 Å². The summed E-state index contributed by atoms with van der Waals surface area (Å²) in [5.41, 5.74) is 4.32. The first kappa shape index (κ1) is 16.5. The molecule has 0 aliphatic carbocycles. The molecule has 3 heteroatoms. The number of nitrogens with one attached hydrogen (secondary N) is 1. The van der Waals surface area contributed by atoms with E-state index in [1.54, 1.807) is 0 Å². The second kappa shape index (κ2) is 7.98. The summed E-state index contributed by atoms with van der Waals surface area (Å²) in [6, 6.07) is 6.93. The fourth-order valence-electron chi connectivity index (χ4n) is 3.62. The standard InChI is InChI=1S/C20H31N3/c1-3-4-12-23-16-18(19-8-7-17(2)15-20(19)23)6-5-11-22-13-9-21-10-14-22/h7-8,15-16,21H,3-6,9-14H2,1-2H3.